The zero-order valence-electron chi connectivity index (χ0n) is 10.5. The van der Waals surface area contributed by atoms with Crippen molar-refractivity contribution in [3.8, 4) is 0 Å². The van der Waals surface area contributed by atoms with E-state index in [1.807, 2.05) is 6.07 Å². The highest BCUT2D eigenvalue weighted by molar-refractivity contribution is 9.10. The number of hydrogen-bond acceptors (Lipinski definition) is 3. The third-order valence-electron chi connectivity index (χ3n) is 2.88. The second-order valence-corrected chi connectivity index (χ2v) is 7.26. The topological polar surface area (TPSA) is 74.8 Å². The number of benzene rings is 2. The van der Waals surface area contributed by atoms with Crippen LogP contribution in [0.2, 0.25) is 5.02 Å². The van der Waals surface area contributed by atoms with Crippen LogP contribution in [0.1, 0.15) is 0 Å². The number of nitrogens with one attached hydrogen (secondary N) is 2. The largest absolute Gasteiger partial charge is 0.345 e. The minimum atomic E-state index is -3.79. The average Bonchev–Trinajstić information content (AvgIpc) is 2.87. The third-order valence-corrected chi connectivity index (χ3v) is 5.22. The molecule has 0 saturated carbocycles. The minimum absolute atomic E-state index is 0.0138. The van der Waals surface area contributed by atoms with Gasteiger partial charge in [0.25, 0.3) is 10.0 Å². The Hall–Kier alpha value is -1.57. The molecule has 108 valence electrons. The van der Waals surface area contributed by atoms with Crippen molar-refractivity contribution in [2.75, 3.05) is 4.72 Å². The first kappa shape index (κ1) is 14.4. The molecule has 2 N–H and O–H groups in total. The standard InChI is InChI=1S/C13H9BrClN3O2S/c14-8-4-5-12(9(15)6-8)21(19,20)18-11-3-1-2-10-13(11)17-7-16-10/h1-7,18H,(H,16,17). The van der Waals surface area contributed by atoms with Gasteiger partial charge in [-0.2, -0.15) is 0 Å². The number of hydrogen-bond donors (Lipinski definition) is 2. The molecule has 0 aliphatic heterocycles. The molecule has 3 aromatic rings. The summed E-state index contributed by atoms with van der Waals surface area (Å²) in [6.07, 6.45) is 1.51. The zero-order valence-corrected chi connectivity index (χ0v) is 13.6. The van der Waals surface area contributed by atoms with Gasteiger partial charge in [-0.15, -0.1) is 0 Å². The first-order valence-corrected chi connectivity index (χ1v) is 8.53. The lowest BCUT2D eigenvalue weighted by Crippen LogP contribution is -2.13. The number of sulfonamides is 1. The molecule has 0 radical (unpaired) electrons. The van der Waals surface area contributed by atoms with Crippen LogP contribution in [0.4, 0.5) is 5.69 Å². The van der Waals surface area contributed by atoms with Crippen molar-refractivity contribution in [3.05, 3.63) is 52.2 Å². The summed E-state index contributed by atoms with van der Waals surface area (Å²) in [5.41, 5.74) is 1.69. The van der Waals surface area contributed by atoms with Crippen molar-refractivity contribution in [2.45, 2.75) is 4.90 Å². The van der Waals surface area contributed by atoms with Crippen molar-refractivity contribution < 1.29 is 8.42 Å². The molecule has 1 heterocycles. The Labute approximate surface area is 134 Å². The molecule has 1 aromatic heterocycles. The van der Waals surface area contributed by atoms with Crippen LogP contribution in [-0.2, 0) is 10.0 Å². The van der Waals surface area contributed by atoms with E-state index in [0.717, 1.165) is 5.52 Å². The monoisotopic (exact) mass is 385 g/mol. The first-order valence-electron chi connectivity index (χ1n) is 5.87. The average molecular weight is 387 g/mol. The van der Waals surface area contributed by atoms with E-state index in [0.29, 0.717) is 15.7 Å². The molecule has 21 heavy (non-hydrogen) atoms. The molecule has 0 unspecified atom stereocenters. The van der Waals surface area contributed by atoms with Crippen molar-refractivity contribution in [3.63, 3.8) is 0 Å². The van der Waals surface area contributed by atoms with Crippen LogP contribution in [0.15, 0.2) is 52.1 Å². The van der Waals surface area contributed by atoms with Gasteiger partial charge in [0.1, 0.15) is 10.4 Å². The van der Waals surface area contributed by atoms with Crippen LogP contribution in [0.25, 0.3) is 11.0 Å². The summed E-state index contributed by atoms with van der Waals surface area (Å²) < 4.78 is 28.1. The number of halogens is 2. The van der Waals surface area contributed by atoms with Crippen LogP contribution >= 0.6 is 27.5 Å². The van der Waals surface area contributed by atoms with Gasteiger partial charge >= 0.3 is 0 Å². The van der Waals surface area contributed by atoms with Gasteiger partial charge in [0.15, 0.2) is 0 Å². The molecule has 0 fully saturated rings. The van der Waals surface area contributed by atoms with Gasteiger partial charge in [0, 0.05) is 4.47 Å². The van der Waals surface area contributed by atoms with Gasteiger partial charge in [-0.3, -0.25) is 4.72 Å². The maximum absolute atomic E-state index is 12.5. The molecule has 0 amide bonds. The van der Waals surface area contributed by atoms with E-state index in [9.17, 15) is 8.42 Å². The number of nitrogens with zero attached hydrogens (tertiary/aromatic N) is 1. The van der Waals surface area contributed by atoms with Gasteiger partial charge < -0.3 is 4.98 Å². The van der Waals surface area contributed by atoms with E-state index in [4.69, 9.17) is 11.6 Å². The summed E-state index contributed by atoms with van der Waals surface area (Å²) in [6, 6.07) is 9.79. The maximum Gasteiger partial charge on any atom is 0.263 e. The molecule has 0 spiro atoms. The lowest BCUT2D eigenvalue weighted by Gasteiger charge is -2.10. The van der Waals surface area contributed by atoms with Crippen LogP contribution in [0.3, 0.4) is 0 Å². The number of para-hydroxylation sites is 1. The minimum Gasteiger partial charge on any atom is -0.345 e. The fourth-order valence-electron chi connectivity index (χ4n) is 1.94. The number of anilines is 1. The molecule has 0 saturated heterocycles. The van der Waals surface area contributed by atoms with Gasteiger partial charge in [0.05, 0.1) is 22.6 Å². The molecule has 0 atom stereocenters. The Morgan fingerprint density at radius 1 is 1.24 bits per heavy atom. The molecule has 2 aromatic carbocycles. The predicted octanol–water partition coefficient (Wildman–Crippen LogP) is 3.78. The van der Waals surface area contributed by atoms with Gasteiger partial charge in [0.2, 0.25) is 0 Å². The van der Waals surface area contributed by atoms with Crippen LogP contribution in [-0.4, -0.2) is 18.4 Å². The highest BCUT2D eigenvalue weighted by Crippen LogP contribution is 2.28. The molecule has 0 bridgehead atoms. The van der Waals surface area contributed by atoms with Crippen LogP contribution in [0.5, 0.6) is 0 Å². The Bertz CT molecular complexity index is 924. The quantitative estimate of drug-likeness (QED) is 0.719. The van der Waals surface area contributed by atoms with Crippen molar-refractivity contribution in [1.29, 1.82) is 0 Å². The second kappa shape index (κ2) is 5.32. The van der Waals surface area contributed by atoms with E-state index in [2.05, 4.69) is 30.6 Å². The molecule has 0 aliphatic rings. The normalized spacial score (nSPS) is 11.7. The fraction of sp³-hybridized carbons (Fsp3) is 0. The number of imidazole rings is 1. The Balaban J connectivity index is 2.05. The van der Waals surface area contributed by atoms with E-state index in [1.165, 1.54) is 18.5 Å². The highest BCUT2D eigenvalue weighted by atomic mass is 79.9. The number of rotatable bonds is 3. The van der Waals surface area contributed by atoms with E-state index in [-0.39, 0.29) is 9.92 Å². The summed E-state index contributed by atoms with van der Waals surface area (Å²) in [4.78, 5) is 7.05. The Morgan fingerprint density at radius 3 is 2.81 bits per heavy atom. The fourth-order valence-corrected chi connectivity index (χ4v) is 4.05. The molecule has 3 rings (SSSR count). The number of H-pyrrole nitrogens is 1. The van der Waals surface area contributed by atoms with Gasteiger partial charge in [-0.1, -0.05) is 33.6 Å². The Kier molecular flexibility index (Phi) is 3.64. The summed E-state index contributed by atoms with van der Waals surface area (Å²) in [5, 5.41) is 0.145. The number of fused-ring (bicyclic) bond motifs is 1. The predicted molar refractivity (Wildman–Crippen MR) is 86.1 cm³/mol. The summed E-state index contributed by atoms with van der Waals surface area (Å²) in [6.45, 7) is 0. The summed E-state index contributed by atoms with van der Waals surface area (Å²) in [7, 11) is -3.79. The van der Waals surface area contributed by atoms with E-state index < -0.39 is 10.0 Å². The molecule has 0 aliphatic carbocycles. The van der Waals surface area contributed by atoms with Gasteiger partial charge in [-0.25, -0.2) is 13.4 Å². The smallest absolute Gasteiger partial charge is 0.263 e. The lowest BCUT2D eigenvalue weighted by molar-refractivity contribution is 0.601. The molecular formula is C13H9BrClN3O2S. The lowest BCUT2D eigenvalue weighted by atomic mass is 10.3. The zero-order chi connectivity index (χ0) is 15.0. The molecule has 5 nitrogen and oxygen atoms in total. The summed E-state index contributed by atoms with van der Waals surface area (Å²) in [5.74, 6) is 0. The Morgan fingerprint density at radius 2 is 2.05 bits per heavy atom. The van der Waals surface area contributed by atoms with Crippen molar-refractivity contribution >= 4 is 54.3 Å². The second-order valence-electron chi connectivity index (χ2n) is 4.28. The molecular weight excluding hydrogens is 378 g/mol. The highest BCUT2D eigenvalue weighted by Gasteiger charge is 2.19. The van der Waals surface area contributed by atoms with Gasteiger partial charge in [-0.05, 0) is 30.3 Å². The third kappa shape index (κ3) is 2.76. The van der Waals surface area contributed by atoms with E-state index >= 15 is 0 Å². The molecule has 8 heteroatoms. The van der Waals surface area contributed by atoms with Crippen molar-refractivity contribution in [2.24, 2.45) is 0 Å². The number of aromatic amines is 1. The summed E-state index contributed by atoms with van der Waals surface area (Å²) >= 11 is 9.25. The van der Waals surface area contributed by atoms with Crippen LogP contribution in [0, 0.1) is 0 Å². The first-order chi connectivity index (χ1) is 9.97. The van der Waals surface area contributed by atoms with Crippen LogP contribution < -0.4 is 4.72 Å². The van der Waals surface area contributed by atoms with E-state index in [1.54, 1.807) is 18.2 Å². The number of aromatic nitrogens is 2. The van der Waals surface area contributed by atoms with Crippen molar-refractivity contribution in [1.82, 2.24) is 9.97 Å². The maximum atomic E-state index is 12.5. The SMILES string of the molecule is O=S(=O)(Nc1cccc2[nH]cnc12)c1ccc(Br)cc1Cl.